The van der Waals surface area contributed by atoms with Crippen molar-refractivity contribution in [3.8, 4) is 5.75 Å². The summed E-state index contributed by atoms with van der Waals surface area (Å²) in [7, 11) is 0. The van der Waals surface area contributed by atoms with Gasteiger partial charge in [-0.3, -0.25) is 0 Å². The zero-order chi connectivity index (χ0) is 24.8. The molecular formula is C29H27NO4S. The fraction of sp³-hybridized carbons (Fsp3) is 0.172. The monoisotopic (exact) mass is 485 g/mol. The van der Waals surface area contributed by atoms with E-state index in [0.717, 1.165) is 16.7 Å². The Morgan fingerprint density at radius 2 is 1.77 bits per heavy atom. The lowest BCUT2D eigenvalue weighted by atomic mass is 10.1. The highest BCUT2D eigenvalue weighted by atomic mass is 32.2. The molecule has 1 aliphatic rings. The molecule has 3 aromatic carbocycles. The van der Waals surface area contributed by atoms with Crippen molar-refractivity contribution >= 4 is 34.5 Å². The Labute approximate surface area is 209 Å². The SMILES string of the molecule is CCOC(=O)C1=C(O)C(=Cc2ccccc2OCc2cccc(C)c2)SC1=Nc1ccc(C)cc1. The molecule has 0 spiro atoms. The summed E-state index contributed by atoms with van der Waals surface area (Å²) in [6.45, 7) is 6.40. The molecule has 0 radical (unpaired) electrons. The number of aliphatic hydroxyl groups is 1. The number of ether oxygens (including phenoxy) is 2. The molecule has 0 fully saturated rings. The van der Waals surface area contributed by atoms with Crippen LogP contribution in [-0.4, -0.2) is 22.7 Å². The molecule has 35 heavy (non-hydrogen) atoms. The van der Waals surface area contributed by atoms with Crippen LogP contribution < -0.4 is 4.74 Å². The van der Waals surface area contributed by atoms with E-state index in [9.17, 15) is 9.90 Å². The number of carbonyl (C=O) groups is 1. The first-order chi connectivity index (χ1) is 16.9. The number of benzene rings is 3. The molecule has 0 saturated carbocycles. The van der Waals surface area contributed by atoms with Crippen molar-refractivity contribution in [2.45, 2.75) is 27.4 Å². The first-order valence-corrected chi connectivity index (χ1v) is 12.2. The predicted molar refractivity (Wildman–Crippen MR) is 142 cm³/mol. The number of thioether (sulfide) groups is 1. The molecule has 0 amide bonds. The van der Waals surface area contributed by atoms with Crippen molar-refractivity contribution in [1.29, 1.82) is 0 Å². The van der Waals surface area contributed by atoms with Crippen LogP contribution in [0.25, 0.3) is 6.08 Å². The van der Waals surface area contributed by atoms with Crippen LogP contribution in [0.1, 0.15) is 29.2 Å². The van der Waals surface area contributed by atoms with Crippen molar-refractivity contribution in [2.24, 2.45) is 4.99 Å². The van der Waals surface area contributed by atoms with Crippen molar-refractivity contribution in [3.63, 3.8) is 0 Å². The third-order valence-electron chi connectivity index (χ3n) is 5.32. The summed E-state index contributed by atoms with van der Waals surface area (Å²) in [6.07, 6.45) is 1.81. The summed E-state index contributed by atoms with van der Waals surface area (Å²) in [4.78, 5) is 17.8. The van der Waals surface area contributed by atoms with Gasteiger partial charge < -0.3 is 14.6 Å². The van der Waals surface area contributed by atoms with Gasteiger partial charge in [0.2, 0.25) is 0 Å². The Morgan fingerprint density at radius 3 is 2.51 bits per heavy atom. The van der Waals surface area contributed by atoms with Crippen LogP contribution in [-0.2, 0) is 16.1 Å². The standard InChI is InChI=1S/C29H27NO4S/c1-4-33-29(32)26-27(31)25(35-28(26)30-23-14-12-19(2)13-15-23)17-22-10-5-6-11-24(22)34-18-21-9-7-8-20(3)16-21/h5-17,31H,4,18H2,1-3H3. The number of rotatable bonds is 7. The number of para-hydroxylation sites is 1. The fourth-order valence-corrected chi connectivity index (χ4v) is 4.59. The quantitative estimate of drug-likeness (QED) is 0.362. The third kappa shape index (κ3) is 6.03. The van der Waals surface area contributed by atoms with Gasteiger partial charge in [0.25, 0.3) is 0 Å². The van der Waals surface area contributed by atoms with Gasteiger partial charge >= 0.3 is 5.97 Å². The lowest BCUT2D eigenvalue weighted by Crippen LogP contribution is -2.12. The van der Waals surface area contributed by atoms with E-state index >= 15 is 0 Å². The van der Waals surface area contributed by atoms with E-state index in [2.05, 4.69) is 11.1 Å². The maximum Gasteiger partial charge on any atom is 0.344 e. The van der Waals surface area contributed by atoms with Gasteiger partial charge in [0.15, 0.2) is 0 Å². The van der Waals surface area contributed by atoms with Gasteiger partial charge in [-0.15, -0.1) is 0 Å². The normalized spacial score (nSPS) is 15.6. The van der Waals surface area contributed by atoms with Crippen LogP contribution in [0.2, 0.25) is 0 Å². The fourth-order valence-electron chi connectivity index (χ4n) is 3.56. The second kappa shape index (κ2) is 11.1. The van der Waals surface area contributed by atoms with E-state index in [0.29, 0.717) is 28.0 Å². The molecule has 4 rings (SSSR count). The summed E-state index contributed by atoms with van der Waals surface area (Å²) in [5, 5.41) is 11.4. The zero-order valence-electron chi connectivity index (χ0n) is 19.9. The Bertz CT molecular complexity index is 1320. The van der Waals surface area contributed by atoms with E-state index in [1.165, 1.54) is 17.3 Å². The molecule has 5 nitrogen and oxygen atoms in total. The predicted octanol–water partition coefficient (Wildman–Crippen LogP) is 7.08. The lowest BCUT2D eigenvalue weighted by molar-refractivity contribution is -0.138. The number of aliphatic hydroxyl groups excluding tert-OH is 1. The topological polar surface area (TPSA) is 68.1 Å². The molecule has 0 saturated heterocycles. The van der Waals surface area contributed by atoms with Crippen LogP contribution in [0.3, 0.4) is 0 Å². The number of carbonyl (C=O) groups excluding carboxylic acids is 1. The number of aryl methyl sites for hydroxylation is 2. The minimum Gasteiger partial charge on any atom is -0.506 e. The summed E-state index contributed by atoms with van der Waals surface area (Å²) in [6, 6.07) is 23.4. The molecule has 0 atom stereocenters. The van der Waals surface area contributed by atoms with Crippen LogP contribution in [0.15, 0.2) is 94.0 Å². The van der Waals surface area contributed by atoms with Crippen LogP contribution >= 0.6 is 11.8 Å². The molecule has 0 unspecified atom stereocenters. The highest BCUT2D eigenvalue weighted by Gasteiger charge is 2.33. The first-order valence-electron chi connectivity index (χ1n) is 11.4. The van der Waals surface area contributed by atoms with E-state index in [1.54, 1.807) is 6.92 Å². The van der Waals surface area contributed by atoms with E-state index in [4.69, 9.17) is 9.47 Å². The number of aliphatic imine (C=N–C) groups is 1. The van der Waals surface area contributed by atoms with Gasteiger partial charge in [-0.1, -0.05) is 77.5 Å². The molecule has 3 aromatic rings. The number of hydrogen-bond donors (Lipinski definition) is 1. The van der Waals surface area contributed by atoms with Gasteiger partial charge in [-0.05, 0) is 50.6 Å². The maximum absolute atomic E-state index is 12.7. The molecule has 0 aliphatic carbocycles. The molecule has 6 heteroatoms. The first kappa shape index (κ1) is 24.4. The minimum atomic E-state index is -0.601. The van der Waals surface area contributed by atoms with Crippen molar-refractivity contribution < 1.29 is 19.4 Å². The van der Waals surface area contributed by atoms with Gasteiger partial charge in [0.05, 0.1) is 17.2 Å². The molecule has 1 aliphatic heterocycles. The van der Waals surface area contributed by atoms with Gasteiger partial charge in [0, 0.05) is 5.56 Å². The Kier molecular flexibility index (Phi) is 7.73. The van der Waals surface area contributed by atoms with E-state index in [-0.39, 0.29) is 17.9 Å². The Hall–Kier alpha value is -3.77. The average Bonchev–Trinajstić information content (AvgIpc) is 3.14. The van der Waals surface area contributed by atoms with E-state index in [1.807, 2.05) is 86.7 Å². The highest BCUT2D eigenvalue weighted by Crippen LogP contribution is 2.41. The Balaban J connectivity index is 1.66. The summed E-state index contributed by atoms with van der Waals surface area (Å²) in [5.74, 6) is -0.0694. The smallest absolute Gasteiger partial charge is 0.344 e. The van der Waals surface area contributed by atoms with Crippen molar-refractivity contribution in [1.82, 2.24) is 0 Å². The van der Waals surface area contributed by atoms with Crippen LogP contribution in [0.4, 0.5) is 5.69 Å². The molecule has 1 heterocycles. The molecular weight excluding hydrogens is 458 g/mol. The van der Waals surface area contributed by atoms with Crippen molar-refractivity contribution in [3.05, 3.63) is 111 Å². The largest absolute Gasteiger partial charge is 0.506 e. The van der Waals surface area contributed by atoms with E-state index < -0.39 is 5.97 Å². The number of hydrogen-bond acceptors (Lipinski definition) is 6. The van der Waals surface area contributed by atoms with Crippen LogP contribution in [0, 0.1) is 13.8 Å². The number of nitrogens with zero attached hydrogens (tertiary/aromatic N) is 1. The third-order valence-corrected chi connectivity index (χ3v) is 6.34. The number of esters is 1. The maximum atomic E-state index is 12.7. The highest BCUT2D eigenvalue weighted by molar-refractivity contribution is 8.18. The van der Waals surface area contributed by atoms with Gasteiger partial charge in [-0.25, -0.2) is 9.79 Å². The van der Waals surface area contributed by atoms with Crippen molar-refractivity contribution in [2.75, 3.05) is 6.61 Å². The summed E-state index contributed by atoms with van der Waals surface area (Å²) in [5.41, 5.74) is 4.90. The molecule has 178 valence electrons. The summed E-state index contributed by atoms with van der Waals surface area (Å²) < 4.78 is 11.3. The average molecular weight is 486 g/mol. The Morgan fingerprint density at radius 1 is 1.00 bits per heavy atom. The van der Waals surface area contributed by atoms with Crippen LogP contribution in [0.5, 0.6) is 5.75 Å². The minimum absolute atomic E-state index is 0.0711. The summed E-state index contributed by atoms with van der Waals surface area (Å²) >= 11 is 1.23. The second-order valence-electron chi connectivity index (χ2n) is 8.12. The van der Waals surface area contributed by atoms with Gasteiger partial charge in [-0.2, -0.15) is 0 Å². The molecule has 1 N–H and O–H groups in total. The molecule has 0 aromatic heterocycles. The zero-order valence-corrected chi connectivity index (χ0v) is 20.8. The molecule has 0 bridgehead atoms. The lowest BCUT2D eigenvalue weighted by Gasteiger charge is -2.10. The second-order valence-corrected chi connectivity index (χ2v) is 9.15. The van der Waals surface area contributed by atoms with Gasteiger partial charge in [0.1, 0.15) is 28.7 Å².